The summed E-state index contributed by atoms with van der Waals surface area (Å²) < 4.78 is 44.1. The van der Waals surface area contributed by atoms with Crippen molar-refractivity contribution in [3.05, 3.63) is 42.2 Å². The van der Waals surface area contributed by atoms with Crippen LogP contribution in [0.1, 0.15) is 25.3 Å². The van der Waals surface area contributed by atoms with E-state index in [0.29, 0.717) is 48.6 Å². The summed E-state index contributed by atoms with van der Waals surface area (Å²) in [5.41, 5.74) is -0.566. The number of phenols is 1. The van der Waals surface area contributed by atoms with Gasteiger partial charge in [0, 0.05) is 41.3 Å². The van der Waals surface area contributed by atoms with Gasteiger partial charge in [0.2, 0.25) is 0 Å². The third kappa shape index (κ3) is 4.74. The van der Waals surface area contributed by atoms with Gasteiger partial charge in [-0.05, 0) is 51.1 Å². The van der Waals surface area contributed by atoms with E-state index in [-0.39, 0.29) is 29.3 Å². The van der Waals surface area contributed by atoms with E-state index in [9.17, 15) is 23.1 Å². The van der Waals surface area contributed by atoms with Crippen LogP contribution < -0.4 is 5.32 Å². The highest BCUT2D eigenvalue weighted by Gasteiger charge is 2.33. The highest BCUT2D eigenvalue weighted by atomic mass is 19.4. The lowest BCUT2D eigenvalue weighted by Crippen LogP contribution is -2.50. The monoisotopic (exact) mass is 475 g/mol. The second-order valence-electron chi connectivity index (χ2n) is 8.17. The molecule has 1 saturated heterocycles. The van der Waals surface area contributed by atoms with Crippen molar-refractivity contribution >= 4 is 22.6 Å². The number of anilines is 1. The van der Waals surface area contributed by atoms with Gasteiger partial charge < -0.3 is 15.2 Å². The number of alkyl halides is 3. The van der Waals surface area contributed by atoms with Crippen LogP contribution in [0, 0.1) is 0 Å². The minimum absolute atomic E-state index is 0.0151. The average molecular weight is 475 g/mol. The molecule has 180 valence electrons. The molecule has 0 radical (unpaired) electrons. The van der Waals surface area contributed by atoms with Crippen LogP contribution in [0.25, 0.3) is 22.0 Å². The molecule has 0 bridgehead atoms. The largest absolute Gasteiger partial charge is 0.507 e. The molecule has 0 amide bonds. The Morgan fingerprint density at radius 2 is 2.03 bits per heavy atom. The molecule has 4 rings (SSSR count). The number of likely N-dealkylation sites (tertiary alicyclic amines) is 1. The molecule has 1 aliphatic heterocycles. The molecule has 11 heteroatoms. The molecule has 0 unspecified atom stereocenters. The van der Waals surface area contributed by atoms with Gasteiger partial charge in [-0.1, -0.05) is 0 Å². The van der Waals surface area contributed by atoms with Crippen molar-refractivity contribution in [3.8, 4) is 17.0 Å². The molecule has 3 aromatic rings. The third-order valence-electron chi connectivity index (χ3n) is 5.89. The molecule has 8 nitrogen and oxygen atoms in total. The Kier molecular flexibility index (Phi) is 6.56. The van der Waals surface area contributed by atoms with Crippen molar-refractivity contribution < 1.29 is 27.8 Å². The fourth-order valence-corrected chi connectivity index (χ4v) is 4.20. The smallest absolute Gasteiger partial charge is 0.416 e. The zero-order chi connectivity index (χ0) is 24.5. The summed E-state index contributed by atoms with van der Waals surface area (Å²) in [5, 5.41) is 23.3. The molecule has 3 heterocycles. The van der Waals surface area contributed by atoms with Crippen LogP contribution >= 0.6 is 0 Å². The second kappa shape index (κ2) is 9.41. The number of carbonyl (C=O) groups excluding carboxylic acids is 1. The maximum Gasteiger partial charge on any atom is 0.416 e. The van der Waals surface area contributed by atoms with Gasteiger partial charge in [-0.2, -0.15) is 13.2 Å². The number of hydrogen-bond acceptors (Lipinski definition) is 8. The zero-order valence-electron chi connectivity index (χ0n) is 18.6. The van der Waals surface area contributed by atoms with Crippen molar-refractivity contribution in [2.24, 2.45) is 0 Å². The van der Waals surface area contributed by atoms with E-state index in [4.69, 9.17) is 4.74 Å². The Morgan fingerprint density at radius 1 is 1.24 bits per heavy atom. The van der Waals surface area contributed by atoms with E-state index in [2.05, 4.69) is 20.5 Å². The zero-order valence-corrected chi connectivity index (χ0v) is 18.6. The first-order valence-electron chi connectivity index (χ1n) is 10.8. The van der Waals surface area contributed by atoms with Crippen molar-refractivity contribution in [3.63, 3.8) is 0 Å². The highest BCUT2D eigenvalue weighted by molar-refractivity contribution is 6.00. The van der Waals surface area contributed by atoms with Gasteiger partial charge in [0.05, 0.1) is 12.2 Å². The first-order chi connectivity index (χ1) is 16.2. The van der Waals surface area contributed by atoms with Crippen LogP contribution in [0.3, 0.4) is 0 Å². The van der Waals surface area contributed by atoms with Gasteiger partial charge in [-0.15, -0.1) is 10.2 Å². The number of nitrogens with zero attached hydrogens (tertiary/aromatic N) is 4. The fourth-order valence-electron chi connectivity index (χ4n) is 4.20. The molecular weight excluding hydrogens is 451 g/mol. The number of aromatic nitrogens is 3. The molecule has 0 spiro atoms. The van der Waals surface area contributed by atoms with Gasteiger partial charge in [-0.25, -0.2) is 0 Å². The van der Waals surface area contributed by atoms with Crippen LogP contribution in [-0.2, 0) is 15.7 Å². The molecule has 34 heavy (non-hydrogen) atoms. The van der Waals surface area contributed by atoms with Crippen LogP contribution in [0.4, 0.5) is 19.0 Å². The Bertz CT molecular complexity index is 1200. The Labute approximate surface area is 193 Å². The summed E-state index contributed by atoms with van der Waals surface area (Å²) in [4.78, 5) is 18.2. The summed E-state index contributed by atoms with van der Waals surface area (Å²) in [5.74, 6) is -0.313. The lowest BCUT2D eigenvalue weighted by Gasteiger charge is -2.36. The number of nitrogens with one attached hydrogen (secondary N) is 1. The van der Waals surface area contributed by atoms with Gasteiger partial charge in [0.15, 0.2) is 5.82 Å². The minimum Gasteiger partial charge on any atom is -0.507 e. The molecule has 2 aromatic heterocycles. The number of hydrogen-bond donors (Lipinski definition) is 2. The molecule has 0 aliphatic carbocycles. The van der Waals surface area contributed by atoms with Crippen LogP contribution in [0.15, 0.2) is 36.7 Å². The number of fused-ring (bicyclic) bond motifs is 1. The Morgan fingerprint density at radius 3 is 2.71 bits per heavy atom. The van der Waals surface area contributed by atoms with Gasteiger partial charge in [0.25, 0.3) is 0 Å². The lowest BCUT2D eigenvalue weighted by atomic mass is 9.98. The first kappa shape index (κ1) is 23.7. The van der Waals surface area contributed by atoms with Gasteiger partial charge in [-0.3, -0.25) is 14.7 Å². The molecule has 1 fully saturated rings. The molecule has 2 atom stereocenters. The van der Waals surface area contributed by atoms with Gasteiger partial charge in [0.1, 0.15) is 17.5 Å². The van der Waals surface area contributed by atoms with Gasteiger partial charge >= 0.3 is 12.1 Å². The summed E-state index contributed by atoms with van der Waals surface area (Å²) in [6.45, 7) is 2.69. The van der Waals surface area contributed by atoms with E-state index in [1.807, 2.05) is 11.9 Å². The van der Waals surface area contributed by atoms with Crippen LogP contribution in [0.2, 0.25) is 0 Å². The number of pyridine rings is 1. The maximum absolute atomic E-state index is 13.0. The molecular formula is C23H24F3N5O3. The van der Waals surface area contributed by atoms with Crippen LogP contribution in [-0.4, -0.2) is 63.4 Å². The number of halogens is 3. The van der Waals surface area contributed by atoms with Crippen molar-refractivity contribution in [2.45, 2.75) is 38.0 Å². The number of carbonyl (C=O) groups is 1. The molecule has 1 aromatic carbocycles. The van der Waals surface area contributed by atoms with Crippen molar-refractivity contribution in [2.75, 3.05) is 25.5 Å². The number of ether oxygens (including phenoxy) is 1. The number of likely N-dealkylation sites (N-methyl/N-ethyl adjacent to an activating group) is 1. The predicted molar refractivity (Wildman–Crippen MR) is 119 cm³/mol. The number of piperidine rings is 1. The summed E-state index contributed by atoms with van der Waals surface area (Å²) in [6.07, 6.45) is -0.116. The van der Waals surface area contributed by atoms with Crippen molar-refractivity contribution in [1.82, 2.24) is 20.1 Å². The van der Waals surface area contributed by atoms with E-state index in [0.717, 1.165) is 6.07 Å². The highest BCUT2D eigenvalue weighted by Crippen LogP contribution is 2.38. The summed E-state index contributed by atoms with van der Waals surface area (Å²) in [7, 11) is 1.86. The summed E-state index contributed by atoms with van der Waals surface area (Å²) >= 11 is 0. The van der Waals surface area contributed by atoms with E-state index < -0.39 is 17.5 Å². The Balaban J connectivity index is 1.61. The lowest BCUT2D eigenvalue weighted by molar-refractivity contribution is -0.150. The van der Waals surface area contributed by atoms with Crippen molar-refractivity contribution in [1.29, 1.82) is 0 Å². The number of phenolic OH excluding ortho intramolecular Hbond substituents is 1. The first-order valence-corrected chi connectivity index (χ1v) is 10.8. The quantitative estimate of drug-likeness (QED) is 0.537. The number of rotatable bonds is 5. The number of benzene rings is 1. The third-order valence-corrected chi connectivity index (χ3v) is 5.89. The van der Waals surface area contributed by atoms with E-state index in [1.165, 1.54) is 12.3 Å². The second-order valence-corrected chi connectivity index (χ2v) is 8.17. The SMILES string of the molecule is CCOC(=O)[C@@H]1CC[C@H](Nc2nnc(-c3ccc(C(F)(F)F)cc3O)c3ccncc23)CN1C. The Hall–Kier alpha value is -3.47. The fraction of sp³-hybridized carbons (Fsp3) is 0.391. The minimum atomic E-state index is -4.57. The van der Waals surface area contributed by atoms with E-state index in [1.54, 1.807) is 19.2 Å². The summed E-state index contributed by atoms with van der Waals surface area (Å²) in [6, 6.07) is 4.11. The predicted octanol–water partition coefficient (Wildman–Crippen LogP) is 3.85. The normalized spacial score (nSPS) is 19.2. The van der Waals surface area contributed by atoms with E-state index >= 15 is 0 Å². The molecule has 0 saturated carbocycles. The van der Waals surface area contributed by atoms with Crippen LogP contribution in [0.5, 0.6) is 5.75 Å². The molecule has 1 aliphatic rings. The average Bonchev–Trinajstić information content (AvgIpc) is 2.79. The standard InChI is InChI=1S/C23H24F3N5O3/c1-3-34-22(33)18-7-5-14(12-31(18)2)28-21-17-11-27-9-8-15(17)20(29-30-21)16-6-4-13(10-19(16)32)23(24,25)26/h4,6,8-11,14,18,32H,3,5,7,12H2,1-2H3,(H,28,30)/t14-,18-/m0/s1. The number of aromatic hydroxyl groups is 1. The maximum atomic E-state index is 13.0. The topological polar surface area (TPSA) is 100 Å². The molecule has 2 N–H and O–H groups in total. The number of esters is 1.